The van der Waals surface area contributed by atoms with E-state index < -0.39 is 0 Å². The van der Waals surface area contributed by atoms with Gasteiger partial charge >= 0.3 is 0 Å². The second-order valence-electron chi connectivity index (χ2n) is 9.41. The zero-order valence-electron chi connectivity index (χ0n) is 21.7. The topological polar surface area (TPSA) is 71.4 Å². The summed E-state index contributed by atoms with van der Waals surface area (Å²) < 4.78 is 7.78. The number of ether oxygens (including phenoxy) is 1. The van der Waals surface area contributed by atoms with E-state index in [9.17, 15) is 4.79 Å². The first kappa shape index (κ1) is 25.5. The number of carbonyl (C=O) groups is 1. The summed E-state index contributed by atoms with van der Waals surface area (Å²) in [5.41, 5.74) is 5.81. The van der Waals surface area contributed by atoms with Crippen molar-refractivity contribution < 1.29 is 9.53 Å². The number of amides is 1. The normalized spacial score (nSPS) is 16.8. The molecule has 2 aromatic carbocycles. The number of para-hydroxylation sites is 2. The number of carbonyl (C=O) groups excluding carboxylic acids is 1. The maximum absolute atomic E-state index is 13.0. The SMILES string of the molecule is COc1ccccc1-n1cccc1[C@@H]1[C@H](c2ccccn2)NC(=S)N1CCC(=O)Nc1cc(C)ccc1C. The summed E-state index contributed by atoms with van der Waals surface area (Å²) in [6.45, 7) is 4.46. The van der Waals surface area contributed by atoms with Crippen molar-refractivity contribution in [2.75, 3.05) is 19.0 Å². The number of nitrogens with zero attached hydrogens (tertiary/aromatic N) is 3. The van der Waals surface area contributed by atoms with Gasteiger partial charge in [0.25, 0.3) is 0 Å². The fourth-order valence-electron chi connectivity index (χ4n) is 4.96. The number of pyridine rings is 1. The Hall–Kier alpha value is -4.17. The number of aromatic nitrogens is 2. The molecular weight excluding hydrogens is 494 g/mol. The third-order valence-corrected chi connectivity index (χ3v) is 7.23. The molecule has 194 valence electrons. The number of aryl methyl sites for hydroxylation is 2. The molecule has 1 fully saturated rings. The Morgan fingerprint density at radius 3 is 2.68 bits per heavy atom. The smallest absolute Gasteiger partial charge is 0.226 e. The van der Waals surface area contributed by atoms with E-state index in [-0.39, 0.29) is 24.4 Å². The van der Waals surface area contributed by atoms with Gasteiger partial charge in [0.15, 0.2) is 5.11 Å². The Morgan fingerprint density at radius 1 is 1.08 bits per heavy atom. The van der Waals surface area contributed by atoms with Crippen molar-refractivity contribution in [3.8, 4) is 11.4 Å². The highest BCUT2D eigenvalue weighted by atomic mass is 32.1. The lowest BCUT2D eigenvalue weighted by Gasteiger charge is -2.29. The molecule has 2 atom stereocenters. The van der Waals surface area contributed by atoms with Gasteiger partial charge in [-0.1, -0.05) is 30.3 Å². The van der Waals surface area contributed by atoms with Crippen molar-refractivity contribution in [2.45, 2.75) is 32.4 Å². The second-order valence-corrected chi connectivity index (χ2v) is 9.80. The molecule has 0 unspecified atom stereocenters. The molecule has 3 heterocycles. The summed E-state index contributed by atoms with van der Waals surface area (Å²) in [6, 6.07) is 23.6. The molecule has 0 radical (unpaired) electrons. The first-order valence-corrected chi connectivity index (χ1v) is 13.0. The molecule has 2 N–H and O–H groups in total. The van der Waals surface area contributed by atoms with Gasteiger partial charge in [0, 0.05) is 36.7 Å². The Balaban J connectivity index is 1.46. The van der Waals surface area contributed by atoms with Gasteiger partial charge in [-0.2, -0.15) is 0 Å². The van der Waals surface area contributed by atoms with Gasteiger partial charge in [-0.15, -0.1) is 0 Å². The molecule has 0 spiro atoms. The van der Waals surface area contributed by atoms with Crippen molar-refractivity contribution in [1.29, 1.82) is 0 Å². The van der Waals surface area contributed by atoms with E-state index in [1.807, 2.05) is 86.8 Å². The number of rotatable bonds is 8. The lowest BCUT2D eigenvalue weighted by atomic mass is 10.0. The number of hydrogen-bond donors (Lipinski definition) is 2. The molecule has 0 saturated carbocycles. The zero-order valence-corrected chi connectivity index (χ0v) is 22.5. The summed E-state index contributed by atoms with van der Waals surface area (Å²) >= 11 is 5.82. The maximum Gasteiger partial charge on any atom is 0.226 e. The third-order valence-electron chi connectivity index (χ3n) is 6.87. The molecule has 1 amide bonds. The second kappa shape index (κ2) is 11.1. The van der Waals surface area contributed by atoms with Crippen molar-refractivity contribution >= 4 is 28.9 Å². The average Bonchev–Trinajstić information content (AvgIpc) is 3.54. The maximum atomic E-state index is 13.0. The highest BCUT2D eigenvalue weighted by Crippen LogP contribution is 2.40. The highest BCUT2D eigenvalue weighted by molar-refractivity contribution is 7.80. The lowest BCUT2D eigenvalue weighted by molar-refractivity contribution is -0.116. The molecule has 1 aliphatic heterocycles. The summed E-state index contributed by atoms with van der Waals surface area (Å²) in [6.07, 6.45) is 4.10. The van der Waals surface area contributed by atoms with E-state index in [4.69, 9.17) is 17.0 Å². The van der Waals surface area contributed by atoms with Crippen LogP contribution in [0, 0.1) is 13.8 Å². The minimum absolute atomic E-state index is 0.0540. The monoisotopic (exact) mass is 525 g/mol. The number of hydrogen-bond acceptors (Lipinski definition) is 4. The van der Waals surface area contributed by atoms with E-state index in [1.54, 1.807) is 13.3 Å². The standard InChI is InChI=1S/C30H31N5O2S/c1-20-13-14-21(2)23(19-20)32-27(36)15-18-35-29(28(33-30(35)38)22-9-6-7-16-31-22)25-11-8-17-34(25)24-10-4-5-12-26(24)37-3/h4-14,16-17,19,28-29H,15,18H2,1-3H3,(H,32,36)(H,33,38)/t28-,29+/m0/s1. The molecule has 1 saturated heterocycles. The molecule has 7 nitrogen and oxygen atoms in total. The molecule has 0 aliphatic carbocycles. The number of methoxy groups -OCH3 is 1. The number of thiocarbonyl (C=S) groups is 1. The van der Waals surface area contributed by atoms with Gasteiger partial charge in [-0.25, -0.2) is 0 Å². The Bertz CT molecular complexity index is 1450. The van der Waals surface area contributed by atoms with Crippen LogP contribution in [-0.4, -0.2) is 39.1 Å². The zero-order chi connectivity index (χ0) is 26.6. The van der Waals surface area contributed by atoms with Crippen molar-refractivity contribution in [3.05, 3.63) is 108 Å². The lowest BCUT2D eigenvalue weighted by Crippen LogP contribution is -2.33. The van der Waals surface area contributed by atoms with Crippen molar-refractivity contribution in [1.82, 2.24) is 19.8 Å². The highest BCUT2D eigenvalue weighted by Gasteiger charge is 2.41. The van der Waals surface area contributed by atoms with Gasteiger partial charge in [-0.05, 0) is 79.7 Å². The Labute approximate surface area is 228 Å². The predicted octanol–water partition coefficient (Wildman–Crippen LogP) is 5.50. The van der Waals surface area contributed by atoms with Crippen LogP contribution in [0.2, 0.25) is 0 Å². The Kier molecular flexibility index (Phi) is 7.42. The van der Waals surface area contributed by atoms with Gasteiger partial charge < -0.3 is 24.8 Å². The van der Waals surface area contributed by atoms with Crippen LogP contribution in [0.25, 0.3) is 5.69 Å². The summed E-state index contributed by atoms with van der Waals surface area (Å²) in [5.74, 6) is 0.717. The average molecular weight is 526 g/mol. The summed E-state index contributed by atoms with van der Waals surface area (Å²) in [5, 5.41) is 7.14. The van der Waals surface area contributed by atoms with E-state index in [0.717, 1.165) is 39.6 Å². The Morgan fingerprint density at radius 2 is 1.89 bits per heavy atom. The van der Waals surface area contributed by atoms with Crippen LogP contribution in [0.4, 0.5) is 5.69 Å². The van der Waals surface area contributed by atoms with Crippen molar-refractivity contribution in [3.63, 3.8) is 0 Å². The minimum Gasteiger partial charge on any atom is -0.495 e. The molecule has 5 rings (SSSR count). The number of benzene rings is 2. The van der Waals surface area contributed by atoms with Crippen LogP contribution in [0.15, 0.2) is 85.2 Å². The number of nitrogens with one attached hydrogen (secondary N) is 2. The third kappa shape index (κ3) is 5.13. The van der Waals surface area contributed by atoms with E-state index in [2.05, 4.69) is 31.2 Å². The van der Waals surface area contributed by atoms with Crippen LogP contribution < -0.4 is 15.4 Å². The van der Waals surface area contributed by atoms with Crippen LogP contribution in [-0.2, 0) is 4.79 Å². The minimum atomic E-state index is -0.189. The summed E-state index contributed by atoms with van der Waals surface area (Å²) in [7, 11) is 1.67. The van der Waals surface area contributed by atoms with Crippen LogP contribution in [0.5, 0.6) is 5.75 Å². The quantitative estimate of drug-likeness (QED) is 0.296. The molecule has 1 aliphatic rings. The van der Waals surface area contributed by atoms with Gasteiger partial charge in [0.05, 0.1) is 30.6 Å². The van der Waals surface area contributed by atoms with Gasteiger partial charge in [0.1, 0.15) is 5.75 Å². The van der Waals surface area contributed by atoms with E-state index in [0.29, 0.717) is 11.7 Å². The molecule has 38 heavy (non-hydrogen) atoms. The van der Waals surface area contributed by atoms with E-state index in [1.165, 1.54) is 0 Å². The first-order chi connectivity index (χ1) is 18.5. The fourth-order valence-corrected chi connectivity index (χ4v) is 5.29. The van der Waals surface area contributed by atoms with Crippen LogP contribution in [0.3, 0.4) is 0 Å². The van der Waals surface area contributed by atoms with Crippen LogP contribution >= 0.6 is 12.2 Å². The van der Waals surface area contributed by atoms with Gasteiger partial charge in [0.2, 0.25) is 5.91 Å². The van der Waals surface area contributed by atoms with Crippen molar-refractivity contribution in [2.24, 2.45) is 0 Å². The summed E-state index contributed by atoms with van der Waals surface area (Å²) in [4.78, 5) is 19.7. The van der Waals surface area contributed by atoms with E-state index >= 15 is 0 Å². The molecule has 8 heteroatoms. The molecular formula is C30H31N5O2S. The van der Waals surface area contributed by atoms with Gasteiger partial charge in [-0.3, -0.25) is 9.78 Å². The fraction of sp³-hybridized carbons (Fsp3) is 0.233. The molecule has 0 bridgehead atoms. The predicted molar refractivity (Wildman–Crippen MR) is 154 cm³/mol. The molecule has 4 aromatic rings. The first-order valence-electron chi connectivity index (χ1n) is 12.6. The largest absolute Gasteiger partial charge is 0.495 e. The number of anilines is 1. The molecule has 2 aromatic heterocycles. The van der Waals surface area contributed by atoms with Crippen LogP contribution in [0.1, 0.15) is 41.0 Å².